The third kappa shape index (κ3) is 6.99. The zero-order valence-electron chi connectivity index (χ0n) is 12.8. The van der Waals surface area contributed by atoms with Crippen LogP contribution in [0.2, 0.25) is 0 Å². The summed E-state index contributed by atoms with van der Waals surface area (Å²) < 4.78 is 37.7. The van der Waals surface area contributed by atoms with Crippen LogP contribution in [0.25, 0.3) is 0 Å². The first-order chi connectivity index (χ1) is 10.7. The maximum absolute atomic E-state index is 12.6. The Morgan fingerprint density at radius 1 is 1.30 bits per heavy atom. The molecular formula is C16H19F3N2O2. The average molecular weight is 328 g/mol. The number of nitrogens with zero attached hydrogens (tertiary/aromatic N) is 1. The third-order valence-corrected chi connectivity index (χ3v) is 3.03. The minimum atomic E-state index is -4.49. The number of hydrogen-bond acceptors (Lipinski definition) is 2. The molecule has 0 aromatic heterocycles. The predicted molar refractivity (Wildman–Crippen MR) is 80.4 cm³/mol. The monoisotopic (exact) mass is 328 g/mol. The summed E-state index contributed by atoms with van der Waals surface area (Å²) in [6.45, 7) is 3.10. The van der Waals surface area contributed by atoms with Gasteiger partial charge in [-0.05, 0) is 5.56 Å². The highest BCUT2D eigenvalue weighted by Crippen LogP contribution is 2.21. The molecule has 0 aliphatic rings. The molecule has 126 valence electrons. The van der Waals surface area contributed by atoms with E-state index in [0.717, 1.165) is 0 Å². The van der Waals surface area contributed by atoms with E-state index < -0.39 is 24.7 Å². The van der Waals surface area contributed by atoms with Crippen molar-refractivity contribution in [3.05, 3.63) is 48.6 Å². The van der Waals surface area contributed by atoms with Crippen LogP contribution in [-0.4, -0.2) is 36.0 Å². The standard InChI is InChI=1S/C16H19F3N2O2/c1-3-9-21(11-16(17,18)19)15(23)10-14(20-12(2)22)13-7-5-4-6-8-13/h3-8,14H,1,9-11H2,2H3,(H,20,22). The van der Waals surface area contributed by atoms with Gasteiger partial charge in [-0.3, -0.25) is 9.59 Å². The molecule has 0 heterocycles. The Labute approximate surface area is 133 Å². The van der Waals surface area contributed by atoms with Crippen LogP contribution < -0.4 is 5.32 Å². The summed E-state index contributed by atoms with van der Waals surface area (Å²) in [5.74, 6) is -1.07. The van der Waals surface area contributed by atoms with Crippen LogP contribution in [0.1, 0.15) is 24.9 Å². The number of benzene rings is 1. The summed E-state index contributed by atoms with van der Waals surface area (Å²) in [6, 6.07) is 7.95. The van der Waals surface area contributed by atoms with Gasteiger partial charge in [-0.2, -0.15) is 13.2 Å². The maximum Gasteiger partial charge on any atom is 0.406 e. The molecule has 1 rings (SSSR count). The van der Waals surface area contributed by atoms with Gasteiger partial charge < -0.3 is 10.2 Å². The number of carbonyl (C=O) groups excluding carboxylic acids is 2. The number of amides is 2. The quantitative estimate of drug-likeness (QED) is 0.783. The molecule has 0 saturated heterocycles. The maximum atomic E-state index is 12.6. The largest absolute Gasteiger partial charge is 0.406 e. The van der Waals surface area contributed by atoms with E-state index in [1.54, 1.807) is 30.3 Å². The van der Waals surface area contributed by atoms with Gasteiger partial charge in [0, 0.05) is 13.5 Å². The molecule has 4 nitrogen and oxygen atoms in total. The third-order valence-electron chi connectivity index (χ3n) is 3.03. The van der Waals surface area contributed by atoms with Crippen molar-refractivity contribution >= 4 is 11.8 Å². The molecule has 1 aromatic rings. The molecule has 0 spiro atoms. The van der Waals surface area contributed by atoms with E-state index >= 15 is 0 Å². The van der Waals surface area contributed by atoms with E-state index in [1.807, 2.05) is 0 Å². The van der Waals surface area contributed by atoms with E-state index in [-0.39, 0.29) is 18.9 Å². The SMILES string of the molecule is C=CCN(CC(F)(F)F)C(=O)CC(NC(C)=O)c1ccccc1. The normalized spacial score (nSPS) is 12.3. The van der Waals surface area contributed by atoms with Crippen molar-refractivity contribution in [3.63, 3.8) is 0 Å². The minimum Gasteiger partial charge on any atom is -0.349 e. The zero-order chi connectivity index (χ0) is 17.5. The highest BCUT2D eigenvalue weighted by atomic mass is 19.4. The second-order valence-corrected chi connectivity index (χ2v) is 5.05. The Balaban J connectivity index is 2.89. The predicted octanol–water partition coefficient (Wildman–Crippen LogP) is 2.83. The van der Waals surface area contributed by atoms with Crippen molar-refractivity contribution in [2.75, 3.05) is 13.1 Å². The van der Waals surface area contributed by atoms with E-state index in [4.69, 9.17) is 0 Å². The van der Waals surface area contributed by atoms with Gasteiger partial charge >= 0.3 is 6.18 Å². The summed E-state index contributed by atoms with van der Waals surface area (Å²) >= 11 is 0. The molecule has 0 fully saturated rings. The second kappa shape index (κ2) is 8.36. The van der Waals surface area contributed by atoms with Crippen LogP contribution >= 0.6 is 0 Å². The van der Waals surface area contributed by atoms with E-state index in [2.05, 4.69) is 11.9 Å². The molecule has 1 unspecified atom stereocenters. The molecule has 1 atom stereocenters. The minimum absolute atomic E-state index is 0.208. The van der Waals surface area contributed by atoms with Gasteiger partial charge in [-0.25, -0.2) is 0 Å². The Kier molecular flexibility index (Phi) is 6.81. The summed E-state index contributed by atoms with van der Waals surface area (Å²) in [4.78, 5) is 24.2. The Bertz CT molecular complexity index is 544. The van der Waals surface area contributed by atoms with Crippen molar-refractivity contribution in [2.45, 2.75) is 25.6 Å². The smallest absolute Gasteiger partial charge is 0.349 e. The Morgan fingerprint density at radius 2 is 1.91 bits per heavy atom. The molecule has 2 amide bonds. The van der Waals surface area contributed by atoms with Gasteiger partial charge in [0.1, 0.15) is 6.54 Å². The lowest BCUT2D eigenvalue weighted by molar-refractivity contribution is -0.160. The van der Waals surface area contributed by atoms with Crippen LogP contribution in [0.4, 0.5) is 13.2 Å². The van der Waals surface area contributed by atoms with Gasteiger partial charge in [-0.1, -0.05) is 36.4 Å². The highest BCUT2D eigenvalue weighted by molar-refractivity contribution is 5.79. The van der Waals surface area contributed by atoms with E-state index in [9.17, 15) is 22.8 Å². The average Bonchev–Trinajstić information content (AvgIpc) is 2.45. The fourth-order valence-electron chi connectivity index (χ4n) is 2.11. The molecule has 0 aliphatic carbocycles. The molecule has 1 N–H and O–H groups in total. The van der Waals surface area contributed by atoms with Crippen LogP contribution in [0.3, 0.4) is 0 Å². The first-order valence-corrected chi connectivity index (χ1v) is 7.00. The molecule has 0 radical (unpaired) electrons. The van der Waals surface area contributed by atoms with Crippen molar-refractivity contribution in [3.8, 4) is 0 Å². The summed E-state index contributed by atoms with van der Waals surface area (Å²) in [7, 11) is 0. The lowest BCUT2D eigenvalue weighted by Crippen LogP contribution is -2.41. The van der Waals surface area contributed by atoms with Crippen LogP contribution in [-0.2, 0) is 9.59 Å². The number of hydrogen-bond donors (Lipinski definition) is 1. The van der Waals surface area contributed by atoms with E-state index in [1.165, 1.54) is 13.0 Å². The molecule has 0 bridgehead atoms. The number of carbonyl (C=O) groups is 2. The first-order valence-electron chi connectivity index (χ1n) is 7.00. The van der Waals surface area contributed by atoms with Gasteiger partial charge in [0.15, 0.2) is 0 Å². The van der Waals surface area contributed by atoms with E-state index in [0.29, 0.717) is 10.5 Å². The number of nitrogens with one attached hydrogen (secondary N) is 1. The fraction of sp³-hybridized carbons (Fsp3) is 0.375. The zero-order valence-corrected chi connectivity index (χ0v) is 12.8. The lowest BCUT2D eigenvalue weighted by Gasteiger charge is -2.25. The Hall–Kier alpha value is -2.31. The Morgan fingerprint density at radius 3 is 2.39 bits per heavy atom. The molecule has 0 aliphatic heterocycles. The van der Waals surface area contributed by atoms with Crippen molar-refractivity contribution in [1.82, 2.24) is 10.2 Å². The van der Waals surface area contributed by atoms with Crippen LogP contribution in [0, 0.1) is 0 Å². The molecule has 7 heteroatoms. The van der Waals surface area contributed by atoms with Crippen molar-refractivity contribution in [1.29, 1.82) is 0 Å². The van der Waals surface area contributed by atoms with Crippen LogP contribution in [0.5, 0.6) is 0 Å². The second-order valence-electron chi connectivity index (χ2n) is 5.05. The van der Waals surface area contributed by atoms with Gasteiger partial charge in [0.2, 0.25) is 11.8 Å². The van der Waals surface area contributed by atoms with Gasteiger partial charge in [-0.15, -0.1) is 6.58 Å². The van der Waals surface area contributed by atoms with Crippen LogP contribution in [0.15, 0.2) is 43.0 Å². The number of halogens is 3. The lowest BCUT2D eigenvalue weighted by atomic mass is 10.0. The first kappa shape index (κ1) is 18.7. The molecule has 23 heavy (non-hydrogen) atoms. The highest BCUT2D eigenvalue weighted by Gasteiger charge is 2.33. The fourth-order valence-corrected chi connectivity index (χ4v) is 2.11. The van der Waals surface area contributed by atoms with Crippen molar-refractivity contribution < 1.29 is 22.8 Å². The van der Waals surface area contributed by atoms with Crippen molar-refractivity contribution in [2.24, 2.45) is 0 Å². The summed E-state index contributed by atoms with van der Waals surface area (Å²) in [5.41, 5.74) is 0.654. The summed E-state index contributed by atoms with van der Waals surface area (Å²) in [6.07, 6.45) is -3.51. The summed E-state index contributed by atoms with van der Waals surface area (Å²) in [5, 5.41) is 2.59. The number of rotatable bonds is 7. The topological polar surface area (TPSA) is 49.4 Å². The molecular weight excluding hydrogens is 309 g/mol. The molecule has 0 saturated carbocycles. The van der Waals surface area contributed by atoms with Gasteiger partial charge in [0.05, 0.1) is 12.5 Å². The van der Waals surface area contributed by atoms with Gasteiger partial charge in [0.25, 0.3) is 0 Å². The number of alkyl halides is 3. The molecule has 1 aromatic carbocycles.